The van der Waals surface area contributed by atoms with E-state index in [4.69, 9.17) is 5.11 Å². The fraction of sp³-hybridized carbons (Fsp3) is 0.609. The monoisotopic (exact) mass is 353 g/mol. The van der Waals surface area contributed by atoms with E-state index >= 15 is 0 Å². The predicted molar refractivity (Wildman–Crippen MR) is 108 cm³/mol. The lowest BCUT2D eigenvalue weighted by atomic mass is 10.2. The topological polar surface area (TPSA) is 49.3 Å². The summed E-state index contributed by atoms with van der Waals surface area (Å²) in [7, 11) is 0. The summed E-state index contributed by atoms with van der Waals surface area (Å²) in [5.74, 6) is 24.1. The number of nitrogens with one attached hydrogen (secondary N) is 1. The molecule has 3 nitrogen and oxygen atoms in total. The third-order valence-corrected chi connectivity index (χ3v) is 3.24. The maximum Gasteiger partial charge on any atom is 0.220 e. The van der Waals surface area contributed by atoms with Gasteiger partial charge < -0.3 is 10.4 Å². The molecule has 1 atom stereocenters. The molecular weight excluding hydrogens is 322 g/mol. The molecule has 0 bridgehead atoms. The van der Waals surface area contributed by atoms with E-state index in [9.17, 15) is 4.79 Å². The van der Waals surface area contributed by atoms with Crippen molar-refractivity contribution in [1.82, 2.24) is 5.32 Å². The maximum atomic E-state index is 11.4. The van der Waals surface area contributed by atoms with Crippen LogP contribution in [0.1, 0.15) is 78.1 Å². The molecule has 0 aromatic heterocycles. The lowest BCUT2D eigenvalue weighted by molar-refractivity contribution is -0.121. The number of unbranched alkanes of at least 4 members (excludes halogenated alkanes) is 4. The predicted octanol–water partition coefficient (Wildman–Crippen LogP) is 3.42. The van der Waals surface area contributed by atoms with Gasteiger partial charge in [-0.1, -0.05) is 55.3 Å². The van der Waals surface area contributed by atoms with Crippen molar-refractivity contribution in [3.05, 3.63) is 0 Å². The second-order valence-corrected chi connectivity index (χ2v) is 5.91. The highest BCUT2D eigenvalue weighted by molar-refractivity contribution is 5.75. The maximum absolute atomic E-state index is 11.4. The summed E-state index contributed by atoms with van der Waals surface area (Å²) in [5.41, 5.74) is 0. The molecule has 0 saturated carbocycles. The van der Waals surface area contributed by atoms with Crippen molar-refractivity contribution in [3.8, 4) is 47.4 Å². The van der Waals surface area contributed by atoms with Gasteiger partial charge in [-0.3, -0.25) is 4.79 Å². The van der Waals surface area contributed by atoms with Crippen molar-refractivity contribution >= 4 is 5.91 Å². The molecule has 0 radical (unpaired) electrons. The number of hydrogen-bond donors (Lipinski definition) is 2. The van der Waals surface area contributed by atoms with Crippen molar-refractivity contribution in [2.45, 2.75) is 84.2 Å². The Kier molecular flexibility index (Phi) is 17.3. The number of amides is 1. The van der Waals surface area contributed by atoms with Crippen LogP contribution in [0.2, 0.25) is 0 Å². The summed E-state index contributed by atoms with van der Waals surface area (Å²) in [6.07, 6.45) is 7.67. The number of carbonyl (C=O) groups excluding carboxylic acids is 1. The largest absolute Gasteiger partial charge is 0.392 e. The van der Waals surface area contributed by atoms with Crippen LogP contribution >= 0.6 is 0 Å². The van der Waals surface area contributed by atoms with E-state index < -0.39 is 6.10 Å². The van der Waals surface area contributed by atoms with Crippen LogP contribution in [0.4, 0.5) is 0 Å². The number of aliphatic hydroxyl groups is 1. The Bertz CT molecular complexity index is 618. The van der Waals surface area contributed by atoms with E-state index in [0.29, 0.717) is 38.6 Å². The molecule has 0 aliphatic carbocycles. The molecule has 0 aromatic carbocycles. The molecular formula is C23H31NO2. The molecule has 0 rings (SSSR count). The standard InChI is InChI=1S/C23H31NO2/c1-3-4-5-6-7-8-9-10-11-12-13-14-15-16-17-18-19-20-23(26)24-21-22(2)25/h22,25H,3-6,9,12,15,18-21H2,1-2H3,(H,24,26). The Morgan fingerprint density at radius 3 is 1.85 bits per heavy atom. The fourth-order valence-corrected chi connectivity index (χ4v) is 1.84. The van der Waals surface area contributed by atoms with Gasteiger partial charge in [-0.05, 0) is 19.8 Å². The highest BCUT2D eigenvalue weighted by Crippen LogP contribution is 1.96. The number of carbonyl (C=O) groups is 1. The van der Waals surface area contributed by atoms with Gasteiger partial charge in [0.1, 0.15) is 0 Å². The van der Waals surface area contributed by atoms with Gasteiger partial charge in [-0.2, -0.15) is 0 Å². The third-order valence-electron chi connectivity index (χ3n) is 3.24. The van der Waals surface area contributed by atoms with E-state index in [2.05, 4.69) is 59.6 Å². The van der Waals surface area contributed by atoms with Gasteiger partial charge in [0.05, 0.1) is 25.4 Å². The number of aliphatic hydroxyl groups excluding tert-OH is 1. The summed E-state index contributed by atoms with van der Waals surface area (Å²) in [5, 5.41) is 11.7. The van der Waals surface area contributed by atoms with Crippen molar-refractivity contribution in [2.75, 3.05) is 6.54 Å². The lowest BCUT2D eigenvalue weighted by Crippen LogP contribution is -2.30. The molecule has 2 N–H and O–H groups in total. The van der Waals surface area contributed by atoms with E-state index in [1.807, 2.05) is 0 Å². The Labute approximate surface area is 159 Å². The normalized spacial score (nSPS) is 9.81. The van der Waals surface area contributed by atoms with Crippen LogP contribution in [0.25, 0.3) is 0 Å². The zero-order valence-electron chi connectivity index (χ0n) is 16.2. The van der Waals surface area contributed by atoms with Crippen molar-refractivity contribution in [3.63, 3.8) is 0 Å². The summed E-state index contributed by atoms with van der Waals surface area (Å²) >= 11 is 0. The Morgan fingerprint density at radius 2 is 1.35 bits per heavy atom. The highest BCUT2D eigenvalue weighted by atomic mass is 16.3. The average Bonchev–Trinajstić information content (AvgIpc) is 2.62. The first-order chi connectivity index (χ1) is 12.7. The molecule has 0 aromatic rings. The molecule has 0 saturated heterocycles. The first-order valence-corrected chi connectivity index (χ1v) is 9.44. The minimum Gasteiger partial charge on any atom is -0.392 e. The minimum absolute atomic E-state index is 0.0447. The molecule has 0 heterocycles. The van der Waals surface area contributed by atoms with Gasteiger partial charge in [-0.15, -0.1) is 11.8 Å². The van der Waals surface area contributed by atoms with Crippen LogP contribution in [0, 0.1) is 47.4 Å². The van der Waals surface area contributed by atoms with Crippen LogP contribution in [0.3, 0.4) is 0 Å². The molecule has 140 valence electrons. The molecule has 1 unspecified atom stereocenters. The van der Waals surface area contributed by atoms with Crippen molar-refractivity contribution in [2.24, 2.45) is 0 Å². The second-order valence-electron chi connectivity index (χ2n) is 5.91. The third kappa shape index (κ3) is 19.7. The van der Waals surface area contributed by atoms with Crippen molar-refractivity contribution in [1.29, 1.82) is 0 Å². The smallest absolute Gasteiger partial charge is 0.220 e. The van der Waals surface area contributed by atoms with Crippen LogP contribution < -0.4 is 5.32 Å². The molecule has 26 heavy (non-hydrogen) atoms. The lowest BCUT2D eigenvalue weighted by Gasteiger charge is -2.05. The second kappa shape index (κ2) is 19.0. The summed E-state index contributed by atoms with van der Waals surface area (Å²) in [4.78, 5) is 11.4. The summed E-state index contributed by atoms with van der Waals surface area (Å²) in [6.45, 7) is 4.13. The van der Waals surface area contributed by atoms with Gasteiger partial charge in [-0.25, -0.2) is 0 Å². The SMILES string of the molecule is CCCCCC#CCC#CCC#CCC#CCCCC(=O)NCC(C)O. The van der Waals surface area contributed by atoms with E-state index in [0.717, 1.165) is 12.8 Å². The van der Waals surface area contributed by atoms with Gasteiger partial charge in [0, 0.05) is 25.8 Å². The quantitative estimate of drug-likeness (QED) is 0.519. The van der Waals surface area contributed by atoms with Crippen molar-refractivity contribution < 1.29 is 9.90 Å². The van der Waals surface area contributed by atoms with Crippen LogP contribution in [-0.2, 0) is 4.79 Å². The Morgan fingerprint density at radius 1 is 0.846 bits per heavy atom. The zero-order chi connectivity index (χ0) is 19.3. The Hall–Kier alpha value is -2.33. The summed E-state index contributed by atoms with van der Waals surface area (Å²) < 4.78 is 0. The van der Waals surface area contributed by atoms with E-state index in [1.54, 1.807) is 6.92 Å². The molecule has 0 fully saturated rings. The first-order valence-electron chi connectivity index (χ1n) is 9.44. The van der Waals surface area contributed by atoms with Gasteiger partial charge in [0.25, 0.3) is 0 Å². The van der Waals surface area contributed by atoms with Gasteiger partial charge >= 0.3 is 0 Å². The number of rotatable bonds is 8. The van der Waals surface area contributed by atoms with E-state index in [-0.39, 0.29) is 5.91 Å². The molecule has 3 heteroatoms. The van der Waals surface area contributed by atoms with Gasteiger partial charge in [0.15, 0.2) is 0 Å². The van der Waals surface area contributed by atoms with Crippen LogP contribution in [0.15, 0.2) is 0 Å². The summed E-state index contributed by atoms with van der Waals surface area (Å²) in [6, 6.07) is 0. The molecule has 0 spiro atoms. The minimum atomic E-state index is -0.509. The Balaban J connectivity index is 3.63. The number of hydrogen-bond acceptors (Lipinski definition) is 2. The first kappa shape index (κ1) is 23.7. The molecule has 0 aliphatic heterocycles. The molecule has 0 aliphatic rings. The van der Waals surface area contributed by atoms with Crippen LogP contribution in [-0.4, -0.2) is 23.7 Å². The average molecular weight is 354 g/mol. The molecule has 1 amide bonds. The van der Waals surface area contributed by atoms with E-state index in [1.165, 1.54) is 19.3 Å². The van der Waals surface area contributed by atoms with Crippen LogP contribution in [0.5, 0.6) is 0 Å². The zero-order valence-corrected chi connectivity index (χ0v) is 16.2. The van der Waals surface area contributed by atoms with Gasteiger partial charge in [0.2, 0.25) is 5.91 Å². The fourth-order valence-electron chi connectivity index (χ4n) is 1.84. The highest BCUT2D eigenvalue weighted by Gasteiger charge is 2.01.